The second-order valence-electron chi connectivity index (χ2n) is 4.30. The second-order valence-corrected chi connectivity index (χ2v) is 5.36. The first-order valence-electron chi connectivity index (χ1n) is 6.45. The van der Waals surface area contributed by atoms with Crippen LogP contribution in [-0.2, 0) is 0 Å². The number of rotatable bonds is 7. The van der Waals surface area contributed by atoms with Crippen molar-refractivity contribution in [3.8, 4) is 0 Å². The fraction of sp³-hybridized carbons (Fsp3) is 0.538. The van der Waals surface area contributed by atoms with Gasteiger partial charge in [-0.15, -0.1) is 10.2 Å². The van der Waals surface area contributed by atoms with E-state index in [1.54, 1.807) is 11.8 Å². The molecule has 1 unspecified atom stereocenters. The van der Waals surface area contributed by atoms with Crippen molar-refractivity contribution in [3.63, 3.8) is 0 Å². The minimum Gasteiger partial charge on any atom is -0.317 e. The molecule has 0 aliphatic rings. The van der Waals surface area contributed by atoms with E-state index in [9.17, 15) is 0 Å². The maximum absolute atomic E-state index is 4.21. The number of nitrogens with zero attached hydrogens (tertiary/aromatic N) is 3. The summed E-state index contributed by atoms with van der Waals surface area (Å²) in [6.45, 7) is 2.22. The molecule has 2 aromatic rings. The lowest BCUT2D eigenvalue weighted by atomic mass is 10.1. The molecule has 4 nitrogen and oxygen atoms in total. The van der Waals surface area contributed by atoms with Crippen LogP contribution in [-0.4, -0.2) is 33.4 Å². The molecule has 0 amide bonds. The third-order valence-corrected chi connectivity index (χ3v) is 4.14. The molecule has 0 saturated heterocycles. The van der Waals surface area contributed by atoms with Crippen LogP contribution in [0.25, 0.3) is 5.65 Å². The van der Waals surface area contributed by atoms with Gasteiger partial charge in [-0.1, -0.05) is 24.8 Å². The van der Waals surface area contributed by atoms with Crippen molar-refractivity contribution in [1.82, 2.24) is 19.9 Å². The highest BCUT2D eigenvalue weighted by Crippen LogP contribution is 2.18. The SMILES string of the molecule is CCC(CCCSc1nnc2ccccn12)NC. The summed E-state index contributed by atoms with van der Waals surface area (Å²) in [6.07, 6.45) is 5.62. The van der Waals surface area contributed by atoms with E-state index in [0.717, 1.165) is 16.6 Å². The Hall–Kier alpha value is -1.07. The fourth-order valence-electron chi connectivity index (χ4n) is 1.96. The summed E-state index contributed by atoms with van der Waals surface area (Å²) < 4.78 is 2.04. The quantitative estimate of drug-likeness (QED) is 0.616. The first-order chi connectivity index (χ1) is 8.85. The normalized spacial score (nSPS) is 13.0. The predicted molar refractivity (Wildman–Crippen MR) is 76.1 cm³/mol. The van der Waals surface area contributed by atoms with Crippen molar-refractivity contribution in [2.24, 2.45) is 0 Å². The van der Waals surface area contributed by atoms with Gasteiger partial charge in [0.25, 0.3) is 0 Å². The summed E-state index contributed by atoms with van der Waals surface area (Å²) >= 11 is 1.78. The van der Waals surface area contributed by atoms with Crippen molar-refractivity contribution in [2.45, 2.75) is 37.4 Å². The highest BCUT2D eigenvalue weighted by atomic mass is 32.2. The van der Waals surface area contributed by atoms with Gasteiger partial charge >= 0.3 is 0 Å². The van der Waals surface area contributed by atoms with E-state index in [1.165, 1.54) is 19.3 Å². The molecule has 18 heavy (non-hydrogen) atoms. The van der Waals surface area contributed by atoms with Crippen molar-refractivity contribution in [3.05, 3.63) is 24.4 Å². The zero-order chi connectivity index (χ0) is 12.8. The van der Waals surface area contributed by atoms with Crippen LogP contribution in [0.3, 0.4) is 0 Å². The first kappa shape index (κ1) is 13.4. The maximum atomic E-state index is 4.21. The van der Waals surface area contributed by atoms with E-state index >= 15 is 0 Å². The summed E-state index contributed by atoms with van der Waals surface area (Å²) in [5.41, 5.74) is 0.918. The van der Waals surface area contributed by atoms with Crippen LogP contribution in [0, 0.1) is 0 Å². The Kier molecular flexibility index (Phi) is 5.01. The molecule has 0 bridgehead atoms. The number of aromatic nitrogens is 3. The topological polar surface area (TPSA) is 42.2 Å². The van der Waals surface area contributed by atoms with Crippen molar-refractivity contribution >= 4 is 17.4 Å². The molecule has 1 atom stereocenters. The van der Waals surface area contributed by atoms with E-state index in [2.05, 4.69) is 22.4 Å². The van der Waals surface area contributed by atoms with E-state index in [0.29, 0.717) is 6.04 Å². The molecule has 5 heteroatoms. The third kappa shape index (κ3) is 3.23. The van der Waals surface area contributed by atoms with Gasteiger partial charge in [-0.25, -0.2) is 0 Å². The van der Waals surface area contributed by atoms with Gasteiger partial charge in [-0.2, -0.15) is 0 Å². The number of thioether (sulfide) groups is 1. The average molecular weight is 264 g/mol. The van der Waals surface area contributed by atoms with Crippen molar-refractivity contribution in [1.29, 1.82) is 0 Å². The van der Waals surface area contributed by atoms with E-state index < -0.39 is 0 Å². The zero-order valence-electron chi connectivity index (χ0n) is 11.0. The summed E-state index contributed by atoms with van der Waals surface area (Å²) in [6, 6.07) is 6.61. The molecular formula is C13H20N4S. The Morgan fingerprint density at radius 1 is 1.39 bits per heavy atom. The highest BCUT2D eigenvalue weighted by Gasteiger charge is 2.06. The smallest absolute Gasteiger partial charge is 0.195 e. The predicted octanol–water partition coefficient (Wildman–Crippen LogP) is 2.60. The molecular weight excluding hydrogens is 244 g/mol. The second kappa shape index (κ2) is 6.75. The first-order valence-corrected chi connectivity index (χ1v) is 7.43. The number of hydrogen-bond donors (Lipinski definition) is 1. The molecule has 0 radical (unpaired) electrons. The van der Waals surface area contributed by atoms with Crippen molar-refractivity contribution < 1.29 is 0 Å². The van der Waals surface area contributed by atoms with Gasteiger partial charge in [0.05, 0.1) is 0 Å². The Bertz CT molecular complexity index is 479. The molecule has 2 rings (SSSR count). The minimum absolute atomic E-state index is 0.640. The van der Waals surface area contributed by atoms with Crippen LogP contribution in [0.5, 0.6) is 0 Å². The van der Waals surface area contributed by atoms with Crippen LogP contribution in [0.4, 0.5) is 0 Å². The average Bonchev–Trinajstić information content (AvgIpc) is 2.82. The van der Waals surface area contributed by atoms with E-state index in [-0.39, 0.29) is 0 Å². The Morgan fingerprint density at radius 2 is 2.28 bits per heavy atom. The van der Waals surface area contributed by atoms with Crippen LogP contribution in [0.15, 0.2) is 29.6 Å². The number of pyridine rings is 1. The van der Waals surface area contributed by atoms with Gasteiger partial charge in [0.1, 0.15) is 0 Å². The maximum Gasteiger partial charge on any atom is 0.195 e. The van der Waals surface area contributed by atoms with Crippen LogP contribution in [0.2, 0.25) is 0 Å². The summed E-state index contributed by atoms with van der Waals surface area (Å²) in [7, 11) is 2.04. The molecule has 0 saturated carbocycles. The number of hydrogen-bond acceptors (Lipinski definition) is 4. The summed E-state index contributed by atoms with van der Waals surface area (Å²) in [5, 5.41) is 12.7. The fourth-order valence-corrected chi connectivity index (χ4v) is 2.85. The third-order valence-electron chi connectivity index (χ3n) is 3.11. The Morgan fingerprint density at radius 3 is 3.06 bits per heavy atom. The lowest BCUT2D eigenvalue weighted by Gasteiger charge is -2.12. The Balaban J connectivity index is 1.83. The van der Waals surface area contributed by atoms with E-state index in [4.69, 9.17) is 0 Å². The van der Waals surface area contributed by atoms with Crippen LogP contribution >= 0.6 is 11.8 Å². The van der Waals surface area contributed by atoms with E-state index in [1.807, 2.05) is 35.8 Å². The molecule has 98 valence electrons. The molecule has 0 fully saturated rings. The number of fused-ring (bicyclic) bond motifs is 1. The largest absolute Gasteiger partial charge is 0.317 e. The Labute approximate surface area is 112 Å². The molecule has 0 aliphatic carbocycles. The molecule has 0 aromatic carbocycles. The highest BCUT2D eigenvalue weighted by molar-refractivity contribution is 7.99. The lowest BCUT2D eigenvalue weighted by Crippen LogP contribution is -2.23. The summed E-state index contributed by atoms with van der Waals surface area (Å²) in [5.74, 6) is 1.09. The monoisotopic (exact) mass is 264 g/mol. The van der Waals surface area contributed by atoms with Gasteiger partial charge < -0.3 is 5.32 Å². The minimum atomic E-state index is 0.640. The molecule has 1 N–H and O–H groups in total. The molecule has 0 spiro atoms. The lowest BCUT2D eigenvalue weighted by molar-refractivity contribution is 0.504. The van der Waals surface area contributed by atoms with Gasteiger partial charge in [0, 0.05) is 18.0 Å². The zero-order valence-corrected chi connectivity index (χ0v) is 11.8. The molecule has 0 aliphatic heterocycles. The van der Waals surface area contributed by atoms with Gasteiger partial charge in [0.15, 0.2) is 10.8 Å². The van der Waals surface area contributed by atoms with Gasteiger partial charge in [-0.3, -0.25) is 4.40 Å². The standard InChI is InChI=1S/C13H20N4S/c1-3-11(14-2)7-6-10-18-13-16-15-12-8-4-5-9-17(12)13/h4-5,8-9,11,14H,3,6-7,10H2,1-2H3. The number of nitrogens with one attached hydrogen (secondary N) is 1. The molecule has 2 heterocycles. The molecule has 2 aromatic heterocycles. The van der Waals surface area contributed by atoms with Crippen molar-refractivity contribution in [2.75, 3.05) is 12.8 Å². The van der Waals surface area contributed by atoms with Gasteiger partial charge in [0.2, 0.25) is 0 Å². The van der Waals surface area contributed by atoms with Crippen LogP contribution < -0.4 is 5.32 Å². The van der Waals surface area contributed by atoms with Crippen LogP contribution in [0.1, 0.15) is 26.2 Å². The summed E-state index contributed by atoms with van der Waals surface area (Å²) in [4.78, 5) is 0. The van der Waals surface area contributed by atoms with Gasteiger partial charge in [-0.05, 0) is 38.4 Å².